The highest BCUT2D eigenvalue weighted by molar-refractivity contribution is 7.08. The first-order valence-electron chi connectivity index (χ1n) is 2.52. The van der Waals surface area contributed by atoms with E-state index in [1.54, 1.807) is 10.8 Å². The molecule has 0 saturated carbocycles. The molecular formula is C6H6O2S. The maximum absolute atomic E-state index is 9.92. The quantitative estimate of drug-likeness (QED) is 0.630. The second-order valence-corrected chi connectivity index (χ2v) is 2.40. The Morgan fingerprint density at radius 3 is 2.89 bits per heavy atom. The molecule has 9 heavy (non-hydrogen) atoms. The summed E-state index contributed by atoms with van der Waals surface area (Å²) in [4.78, 5) is 9.92. The van der Waals surface area contributed by atoms with Gasteiger partial charge in [-0.25, -0.2) is 0 Å². The molecule has 0 aliphatic rings. The Morgan fingerprint density at radius 2 is 2.44 bits per heavy atom. The van der Waals surface area contributed by atoms with Crippen LogP contribution in [0.2, 0.25) is 0 Å². The van der Waals surface area contributed by atoms with Gasteiger partial charge in [0.2, 0.25) is 0 Å². The molecular weight excluding hydrogens is 136 g/mol. The fourth-order valence-electron chi connectivity index (χ4n) is 0.559. The lowest BCUT2D eigenvalue weighted by atomic mass is 10.2. The number of hydrogen-bond donors (Lipinski definition) is 1. The lowest BCUT2D eigenvalue weighted by Gasteiger charge is -1.86. The van der Waals surface area contributed by atoms with Crippen molar-refractivity contribution in [3.05, 3.63) is 16.3 Å². The van der Waals surface area contributed by atoms with E-state index in [1.807, 2.05) is 0 Å². The summed E-state index contributed by atoms with van der Waals surface area (Å²) in [6.45, 7) is 0. The summed E-state index contributed by atoms with van der Waals surface area (Å²) in [6.07, 6.45) is 1.09. The van der Waals surface area contributed by atoms with Gasteiger partial charge in [0.15, 0.2) is 0 Å². The van der Waals surface area contributed by atoms with Crippen molar-refractivity contribution in [1.29, 1.82) is 0 Å². The highest BCUT2D eigenvalue weighted by Crippen LogP contribution is 2.20. The molecule has 0 atom stereocenters. The van der Waals surface area contributed by atoms with Crippen molar-refractivity contribution in [3.8, 4) is 5.75 Å². The Bertz CT molecular complexity index is 205. The summed E-state index contributed by atoms with van der Waals surface area (Å²) < 4.78 is 0. The monoisotopic (exact) mass is 142 g/mol. The summed E-state index contributed by atoms with van der Waals surface area (Å²) in [5, 5.41) is 12.3. The van der Waals surface area contributed by atoms with Gasteiger partial charge in [-0.2, -0.15) is 0 Å². The van der Waals surface area contributed by atoms with Gasteiger partial charge in [0, 0.05) is 17.4 Å². The highest BCUT2D eigenvalue weighted by Gasteiger charge is 1.98. The number of rotatable bonds is 2. The zero-order valence-electron chi connectivity index (χ0n) is 4.70. The van der Waals surface area contributed by atoms with Crippen LogP contribution in [0.1, 0.15) is 5.56 Å². The van der Waals surface area contributed by atoms with Crippen LogP contribution in [-0.2, 0) is 11.2 Å². The van der Waals surface area contributed by atoms with Gasteiger partial charge in [0.05, 0.1) is 0 Å². The third-order valence-corrected chi connectivity index (χ3v) is 1.80. The first kappa shape index (κ1) is 6.29. The largest absolute Gasteiger partial charge is 0.507 e. The minimum Gasteiger partial charge on any atom is -0.507 e. The third kappa shape index (κ3) is 1.29. The van der Waals surface area contributed by atoms with Gasteiger partial charge < -0.3 is 9.90 Å². The number of thiophene rings is 1. The average molecular weight is 142 g/mol. The zero-order chi connectivity index (χ0) is 6.69. The number of carbonyl (C=O) groups is 1. The van der Waals surface area contributed by atoms with Gasteiger partial charge in [0.1, 0.15) is 12.0 Å². The van der Waals surface area contributed by atoms with Crippen LogP contribution in [0.5, 0.6) is 5.75 Å². The lowest BCUT2D eigenvalue weighted by molar-refractivity contribution is -0.107. The molecule has 0 spiro atoms. The number of hydrogen-bond acceptors (Lipinski definition) is 3. The molecule has 1 heterocycles. The molecule has 1 aromatic heterocycles. The Morgan fingerprint density at radius 1 is 1.67 bits per heavy atom. The van der Waals surface area contributed by atoms with Gasteiger partial charge in [-0.1, -0.05) is 0 Å². The second-order valence-electron chi connectivity index (χ2n) is 1.65. The van der Waals surface area contributed by atoms with Crippen LogP contribution in [0, 0.1) is 0 Å². The number of carbonyl (C=O) groups excluding carboxylic acids is 1. The van der Waals surface area contributed by atoms with Crippen molar-refractivity contribution in [2.75, 3.05) is 0 Å². The highest BCUT2D eigenvalue weighted by atomic mass is 32.1. The average Bonchev–Trinajstić information content (AvgIpc) is 2.18. The summed E-state index contributed by atoms with van der Waals surface area (Å²) in [5.41, 5.74) is 0.718. The van der Waals surface area contributed by atoms with Crippen LogP contribution >= 0.6 is 11.3 Å². The van der Waals surface area contributed by atoms with Crippen molar-refractivity contribution in [3.63, 3.8) is 0 Å². The first-order valence-corrected chi connectivity index (χ1v) is 3.46. The fourth-order valence-corrected chi connectivity index (χ4v) is 1.29. The van der Waals surface area contributed by atoms with Gasteiger partial charge in [-0.15, -0.1) is 11.3 Å². The molecule has 0 aliphatic carbocycles. The minimum absolute atomic E-state index is 0.229. The number of aldehydes is 1. The second kappa shape index (κ2) is 2.64. The Balaban J connectivity index is 2.80. The van der Waals surface area contributed by atoms with Crippen LogP contribution in [0.25, 0.3) is 0 Å². The Hall–Kier alpha value is -0.830. The minimum atomic E-state index is 0.229. The molecule has 0 radical (unpaired) electrons. The SMILES string of the molecule is O=CCc1cscc1O. The molecule has 0 aliphatic heterocycles. The standard InChI is InChI=1S/C6H6O2S/c7-2-1-5-3-9-4-6(5)8/h2-4,8H,1H2. The van der Waals surface area contributed by atoms with Crippen molar-refractivity contribution in [1.82, 2.24) is 0 Å². The van der Waals surface area contributed by atoms with E-state index in [-0.39, 0.29) is 5.75 Å². The van der Waals surface area contributed by atoms with Gasteiger partial charge in [-0.3, -0.25) is 0 Å². The van der Waals surface area contributed by atoms with Crippen molar-refractivity contribution >= 4 is 17.6 Å². The third-order valence-electron chi connectivity index (χ3n) is 1.02. The van der Waals surface area contributed by atoms with E-state index in [0.29, 0.717) is 6.42 Å². The van der Waals surface area contributed by atoms with Crippen molar-refractivity contribution in [2.45, 2.75) is 6.42 Å². The van der Waals surface area contributed by atoms with E-state index in [4.69, 9.17) is 5.11 Å². The van der Waals surface area contributed by atoms with Crippen molar-refractivity contribution in [2.24, 2.45) is 0 Å². The summed E-state index contributed by atoms with van der Waals surface area (Å²) in [7, 11) is 0. The maximum atomic E-state index is 9.92. The van der Waals surface area contributed by atoms with E-state index in [0.717, 1.165) is 11.8 Å². The molecule has 0 saturated heterocycles. The summed E-state index contributed by atoms with van der Waals surface area (Å²) >= 11 is 1.40. The van der Waals surface area contributed by atoms with E-state index in [1.165, 1.54) is 11.3 Å². The van der Waals surface area contributed by atoms with E-state index >= 15 is 0 Å². The van der Waals surface area contributed by atoms with Crippen LogP contribution < -0.4 is 0 Å². The predicted octanol–water partition coefficient (Wildman–Crippen LogP) is 1.20. The number of aromatic hydroxyl groups is 1. The van der Waals surface area contributed by atoms with E-state index < -0.39 is 0 Å². The molecule has 0 bridgehead atoms. The maximum Gasteiger partial charge on any atom is 0.129 e. The summed E-state index contributed by atoms with van der Waals surface area (Å²) in [5.74, 6) is 0.229. The van der Waals surface area contributed by atoms with Crippen LogP contribution in [-0.4, -0.2) is 11.4 Å². The first-order chi connectivity index (χ1) is 4.34. The topological polar surface area (TPSA) is 37.3 Å². The molecule has 1 rings (SSSR count). The molecule has 1 aromatic rings. The molecule has 0 unspecified atom stereocenters. The predicted molar refractivity (Wildman–Crippen MR) is 35.8 cm³/mol. The fraction of sp³-hybridized carbons (Fsp3) is 0.167. The molecule has 3 heteroatoms. The van der Waals surface area contributed by atoms with Crippen LogP contribution in [0.15, 0.2) is 10.8 Å². The smallest absolute Gasteiger partial charge is 0.129 e. The van der Waals surface area contributed by atoms with Gasteiger partial charge in [0.25, 0.3) is 0 Å². The molecule has 0 amide bonds. The van der Waals surface area contributed by atoms with Crippen LogP contribution in [0.4, 0.5) is 0 Å². The van der Waals surface area contributed by atoms with E-state index in [9.17, 15) is 4.79 Å². The lowest BCUT2D eigenvalue weighted by Crippen LogP contribution is -1.80. The molecule has 2 nitrogen and oxygen atoms in total. The van der Waals surface area contributed by atoms with Crippen molar-refractivity contribution < 1.29 is 9.90 Å². The van der Waals surface area contributed by atoms with Gasteiger partial charge in [-0.05, 0) is 5.38 Å². The molecule has 1 N–H and O–H groups in total. The molecule has 0 fully saturated rings. The Labute approximate surface area is 56.8 Å². The normalized spacial score (nSPS) is 9.33. The Kier molecular flexibility index (Phi) is 1.85. The van der Waals surface area contributed by atoms with Crippen LogP contribution in [0.3, 0.4) is 0 Å². The zero-order valence-corrected chi connectivity index (χ0v) is 5.52. The molecule has 0 aromatic carbocycles. The van der Waals surface area contributed by atoms with E-state index in [2.05, 4.69) is 0 Å². The van der Waals surface area contributed by atoms with Gasteiger partial charge >= 0.3 is 0 Å². The molecule has 48 valence electrons. The summed E-state index contributed by atoms with van der Waals surface area (Å²) in [6, 6.07) is 0.